The highest BCUT2D eigenvalue weighted by molar-refractivity contribution is 5.82. The van der Waals surface area contributed by atoms with E-state index in [1.807, 2.05) is 18.2 Å². The zero-order valence-corrected chi connectivity index (χ0v) is 17.8. The summed E-state index contributed by atoms with van der Waals surface area (Å²) in [6.07, 6.45) is 2.80. The lowest BCUT2D eigenvalue weighted by molar-refractivity contribution is -0.124. The number of benzene rings is 2. The molecule has 7 heteroatoms. The average Bonchev–Trinajstić information content (AvgIpc) is 3.17. The molecule has 0 aliphatic carbocycles. The number of amides is 1. The Kier molecular flexibility index (Phi) is 5.23. The number of anilines is 1. The van der Waals surface area contributed by atoms with Gasteiger partial charge in [0, 0.05) is 25.8 Å². The van der Waals surface area contributed by atoms with Crippen LogP contribution in [0.2, 0.25) is 0 Å². The molecule has 4 aromatic rings. The number of carbonyl (C=O) groups is 1. The summed E-state index contributed by atoms with van der Waals surface area (Å²) in [6, 6.07) is 18.9. The molecule has 2 aromatic heterocycles. The van der Waals surface area contributed by atoms with Crippen molar-refractivity contribution >= 4 is 22.8 Å². The van der Waals surface area contributed by atoms with Crippen LogP contribution in [-0.4, -0.2) is 22.0 Å². The van der Waals surface area contributed by atoms with Crippen LogP contribution in [0, 0.1) is 0 Å². The summed E-state index contributed by atoms with van der Waals surface area (Å²) in [5, 5.41) is 2.90. The molecule has 1 amide bonds. The third-order valence-electron chi connectivity index (χ3n) is 6.02. The molecule has 0 fully saturated rings. The van der Waals surface area contributed by atoms with E-state index in [4.69, 9.17) is 4.42 Å². The Morgan fingerprint density at radius 2 is 1.88 bits per heavy atom. The minimum Gasteiger partial charge on any atom is -0.408 e. The van der Waals surface area contributed by atoms with E-state index in [0.29, 0.717) is 17.6 Å². The standard InChI is InChI=1S/C25H24N4O3/c1-17(29-21-8-4-5-9-22(21)32-25(29)31)24(30)27-15-18-10-11-23(26-14-18)28-13-12-19-6-2-3-7-20(19)16-28/h2-11,14,17H,12-13,15-16H2,1H3,(H,27,30). The maximum atomic E-state index is 12.7. The molecule has 0 bridgehead atoms. The predicted molar refractivity (Wildman–Crippen MR) is 122 cm³/mol. The van der Waals surface area contributed by atoms with Crippen molar-refractivity contribution in [3.63, 3.8) is 0 Å². The fraction of sp³-hybridized carbons (Fsp3) is 0.240. The largest absolute Gasteiger partial charge is 0.420 e. The van der Waals surface area contributed by atoms with E-state index >= 15 is 0 Å². The second-order valence-electron chi connectivity index (χ2n) is 8.06. The molecule has 162 valence electrons. The molecule has 2 aromatic carbocycles. The Morgan fingerprint density at radius 1 is 1.09 bits per heavy atom. The van der Waals surface area contributed by atoms with Gasteiger partial charge in [0.05, 0.1) is 5.52 Å². The second-order valence-corrected chi connectivity index (χ2v) is 8.06. The molecule has 5 rings (SSSR count). The predicted octanol–water partition coefficient (Wildman–Crippen LogP) is 3.43. The summed E-state index contributed by atoms with van der Waals surface area (Å²) < 4.78 is 6.61. The summed E-state index contributed by atoms with van der Waals surface area (Å²) in [7, 11) is 0. The van der Waals surface area contributed by atoms with E-state index in [-0.39, 0.29) is 5.91 Å². The fourth-order valence-corrected chi connectivity index (χ4v) is 4.20. The van der Waals surface area contributed by atoms with Crippen molar-refractivity contribution in [3.05, 3.63) is 94.1 Å². The van der Waals surface area contributed by atoms with Crippen LogP contribution >= 0.6 is 0 Å². The van der Waals surface area contributed by atoms with E-state index in [1.54, 1.807) is 31.3 Å². The Morgan fingerprint density at radius 3 is 2.69 bits per heavy atom. The Hall–Kier alpha value is -3.87. The van der Waals surface area contributed by atoms with Crippen molar-refractivity contribution in [1.82, 2.24) is 14.9 Å². The van der Waals surface area contributed by atoms with Gasteiger partial charge >= 0.3 is 5.76 Å². The molecule has 0 spiro atoms. The van der Waals surface area contributed by atoms with Crippen molar-refractivity contribution in [2.24, 2.45) is 0 Å². The van der Waals surface area contributed by atoms with Gasteiger partial charge in [-0.3, -0.25) is 9.36 Å². The molecule has 0 saturated carbocycles. The molecule has 7 nitrogen and oxygen atoms in total. The van der Waals surface area contributed by atoms with Crippen LogP contribution < -0.4 is 16.0 Å². The highest BCUT2D eigenvalue weighted by atomic mass is 16.4. The zero-order chi connectivity index (χ0) is 22.1. The summed E-state index contributed by atoms with van der Waals surface area (Å²) in [4.78, 5) is 31.8. The molecular weight excluding hydrogens is 404 g/mol. The van der Waals surface area contributed by atoms with Crippen LogP contribution in [0.25, 0.3) is 11.1 Å². The van der Waals surface area contributed by atoms with Crippen LogP contribution in [0.4, 0.5) is 5.82 Å². The fourth-order valence-electron chi connectivity index (χ4n) is 4.20. The van der Waals surface area contributed by atoms with Crippen LogP contribution in [-0.2, 0) is 24.3 Å². The lowest BCUT2D eigenvalue weighted by atomic mass is 10.00. The van der Waals surface area contributed by atoms with Crippen LogP contribution in [0.1, 0.15) is 29.7 Å². The molecule has 32 heavy (non-hydrogen) atoms. The van der Waals surface area contributed by atoms with Gasteiger partial charge in [0.2, 0.25) is 5.91 Å². The SMILES string of the molecule is CC(C(=O)NCc1ccc(N2CCc3ccccc3C2)nc1)n1c(=O)oc2ccccc21. The first-order chi connectivity index (χ1) is 15.6. The van der Waals surface area contributed by atoms with E-state index < -0.39 is 11.8 Å². The van der Waals surface area contributed by atoms with Gasteiger partial charge in [0.1, 0.15) is 11.9 Å². The van der Waals surface area contributed by atoms with Gasteiger partial charge in [-0.2, -0.15) is 0 Å². The van der Waals surface area contributed by atoms with Gasteiger partial charge in [0.15, 0.2) is 5.58 Å². The minimum atomic E-state index is -0.688. The van der Waals surface area contributed by atoms with Crippen molar-refractivity contribution in [2.75, 3.05) is 11.4 Å². The molecule has 0 saturated heterocycles. The number of nitrogens with zero attached hydrogens (tertiary/aromatic N) is 3. The second kappa shape index (κ2) is 8.34. The minimum absolute atomic E-state index is 0.254. The van der Waals surface area contributed by atoms with Gasteiger partial charge in [0.25, 0.3) is 0 Å². The molecular formula is C25H24N4O3. The highest BCUT2D eigenvalue weighted by Gasteiger charge is 2.21. The quantitative estimate of drug-likeness (QED) is 0.527. The number of oxazole rings is 1. The van der Waals surface area contributed by atoms with Crippen LogP contribution in [0.3, 0.4) is 0 Å². The topological polar surface area (TPSA) is 80.4 Å². The summed E-state index contributed by atoms with van der Waals surface area (Å²) in [6.45, 7) is 3.81. The van der Waals surface area contributed by atoms with Crippen LogP contribution in [0.15, 0.2) is 76.1 Å². The first-order valence-electron chi connectivity index (χ1n) is 10.7. The molecule has 1 aliphatic rings. The first-order valence-corrected chi connectivity index (χ1v) is 10.7. The molecule has 1 N–H and O–H groups in total. The number of carbonyl (C=O) groups excluding carboxylic acids is 1. The molecule has 0 radical (unpaired) electrons. The first kappa shape index (κ1) is 20.1. The number of aromatic nitrogens is 2. The third kappa shape index (κ3) is 3.77. The number of fused-ring (bicyclic) bond motifs is 2. The van der Waals surface area contributed by atoms with E-state index in [0.717, 1.165) is 30.9 Å². The van der Waals surface area contributed by atoms with E-state index in [9.17, 15) is 9.59 Å². The van der Waals surface area contributed by atoms with E-state index in [1.165, 1.54) is 15.7 Å². The maximum absolute atomic E-state index is 12.7. The van der Waals surface area contributed by atoms with Crippen molar-refractivity contribution < 1.29 is 9.21 Å². The number of para-hydroxylation sites is 2. The lowest BCUT2D eigenvalue weighted by Gasteiger charge is -2.29. The number of nitrogens with one attached hydrogen (secondary N) is 1. The van der Waals surface area contributed by atoms with Gasteiger partial charge in [-0.05, 0) is 48.2 Å². The van der Waals surface area contributed by atoms with Crippen molar-refractivity contribution in [1.29, 1.82) is 0 Å². The normalized spacial score (nSPS) is 14.2. The molecule has 1 atom stereocenters. The van der Waals surface area contributed by atoms with Gasteiger partial charge in [-0.25, -0.2) is 9.78 Å². The third-order valence-corrected chi connectivity index (χ3v) is 6.02. The van der Waals surface area contributed by atoms with Gasteiger partial charge in [-0.15, -0.1) is 0 Å². The molecule has 1 aliphatic heterocycles. The number of rotatable bonds is 5. The number of hydrogen-bond donors (Lipinski definition) is 1. The monoisotopic (exact) mass is 428 g/mol. The summed E-state index contributed by atoms with van der Waals surface area (Å²) in [5.41, 5.74) is 4.72. The number of pyridine rings is 1. The molecule has 3 heterocycles. The van der Waals surface area contributed by atoms with Gasteiger partial charge in [-0.1, -0.05) is 42.5 Å². The highest BCUT2D eigenvalue weighted by Crippen LogP contribution is 2.23. The Balaban J connectivity index is 1.23. The molecule has 1 unspecified atom stereocenters. The zero-order valence-electron chi connectivity index (χ0n) is 17.8. The Bertz CT molecular complexity index is 1320. The Labute approximate surface area is 185 Å². The maximum Gasteiger partial charge on any atom is 0.420 e. The van der Waals surface area contributed by atoms with Crippen LogP contribution in [0.5, 0.6) is 0 Å². The smallest absolute Gasteiger partial charge is 0.408 e. The van der Waals surface area contributed by atoms with Crippen molar-refractivity contribution in [2.45, 2.75) is 32.5 Å². The van der Waals surface area contributed by atoms with Crippen molar-refractivity contribution in [3.8, 4) is 0 Å². The summed E-state index contributed by atoms with van der Waals surface area (Å²) in [5.74, 6) is 0.137. The van der Waals surface area contributed by atoms with E-state index in [2.05, 4.69) is 39.5 Å². The van der Waals surface area contributed by atoms with Gasteiger partial charge < -0.3 is 14.6 Å². The number of hydrogen-bond acceptors (Lipinski definition) is 5. The average molecular weight is 428 g/mol. The summed E-state index contributed by atoms with van der Waals surface area (Å²) >= 11 is 0. The lowest BCUT2D eigenvalue weighted by Crippen LogP contribution is -2.34.